The number of nitrogens with zero attached hydrogens (tertiary/aromatic N) is 3. The molecular weight excluding hydrogens is 338 g/mol. The molecule has 5 nitrogen and oxygen atoms in total. The zero-order valence-corrected chi connectivity index (χ0v) is 16.5. The van der Waals surface area contributed by atoms with Gasteiger partial charge in [0.15, 0.2) is 0 Å². The highest BCUT2D eigenvalue weighted by atomic mass is 16.3. The molecule has 1 amide bonds. The van der Waals surface area contributed by atoms with Gasteiger partial charge >= 0.3 is 0 Å². The number of aliphatic hydroxyl groups is 1. The molecule has 3 rings (SSSR count). The van der Waals surface area contributed by atoms with Crippen LogP contribution in [0, 0.1) is 11.3 Å². The van der Waals surface area contributed by atoms with Gasteiger partial charge in [-0.05, 0) is 55.8 Å². The Labute approximate surface area is 163 Å². The molecule has 0 radical (unpaired) electrons. The van der Waals surface area contributed by atoms with Gasteiger partial charge in [0.1, 0.15) is 0 Å². The van der Waals surface area contributed by atoms with Crippen LogP contribution in [0.4, 0.5) is 0 Å². The molecule has 0 bridgehead atoms. The van der Waals surface area contributed by atoms with Gasteiger partial charge in [-0.15, -0.1) is 0 Å². The van der Waals surface area contributed by atoms with Crippen molar-refractivity contribution in [3.8, 4) is 0 Å². The van der Waals surface area contributed by atoms with Gasteiger partial charge in [0, 0.05) is 51.0 Å². The van der Waals surface area contributed by atoms with E-state index in [0.717, 1.165) is 51.9 Å². The van der Waals surface area contributed by atoms with Crippen LogP contribution in [0.2, 0.25) is 0 Å². The molecule has 3 heterocycles. The largest absolute Gasteiger partial charge is 0.396 e. The van der Waals surface area contributed by atoms with Gasteiger partial charge in [0.2, 0.25) is 5.91 Å². The Morgan fingerprint density at radius 3 is 2.74 bits per heavy atom. The summed E-state index contributed by atoms with van der Waals surface area (Å²) in [5, 5.41) is 10.0. The maximum absolute atomic E-state index is 12.4. The number of rotatable bonds is 6. The highest BCUT2D eigenvalue weighted by Gasteiger charge is 2.45. The van der Waals surface area contributed by atoms with Gasteiger partial charge in [-0.25, -0.2) is 0 Å². The lowest BCUT2D eigenvalue weighted by molar-refractivity contribution is -0.137. The van der Waals surface area contributed by atoms with E-state index in [1.165, 1.54) is 5.56 Å². The maximum atomic E-state index is 12.4. The van der Waals surface area contributed by atoms with E-state index in [4.69, 9.17) is 0 Å². The van der Waals surface area contributed by atoms with E-state index in [0.29, 0.717) is 13.0 Å². The number of amides is 1. The van der Waals surface area contributed by atoms with Crippen molar-refractivity contribution in [3.05, 3.63) is 42.2 Å². The number of likely N-dealkylation sites (tertiary alicyclic amines) is 2. The average Bonchev–Trinajstić information content (AvgIpc) is 2.71. The first-order valence-corrected chi connectivity index (χ1v) is 10.3. The standard InChI is InChI=1S/C22H33N3O2/c1-2-3-4-7-21(27)25-14-10-22(20(17-25)18-26)8-12-24(13-9-22)16-19-6-5-11-23-15-19/h3-6,11,15,20,26H,2,7-10,12-14,16-18H2,1H3/b4-3+/t20-/m1/s1. The molecule has 148 valence electrons. The molecule has 27 heavy (non-hydrogen) atoms. The lowest BCUT2D eigenvalue weighted by Crippen LogP contribution is -2.54. The van der Waals surface area contributed by atoms with Crippen LogP contribution in [-0.2, 0) is 11.3 Å². The Bertz CT molecular complexity index is 624. The fraction of sp³-hybridized carbons (Fsp3) is 0.636. The van der Waals surface area contributed by atoms with Crippen LogP contribution in [0.5, 0.6) is 0 Å². The molecule has 2 fully saturated rings. The van der Waals surface area contributed by atoms with Crippen molar-refractivity contribution in [2.45, 2.75) is 45.6 Å². The first kappa shape index (κ1) is 20.0. The lowest BCUT2D eigenvalue weighted by atomic mass is 9.64. The second-order valence-corrected chi connectivity index (χ2v) is 8.05. The summed E-state index contributed by atoms with van der Waals surface area (Å²) in [4.78, 5) is 21.1. The van der Waals surface area contributed by atoms with Gasteiger partial charge in [0.25, 0.3) is 0 Å². The summed E-state index contributed by atoms with van der Waals surface area (Å²) in [6.07, 6.45) is 12.5. The quantitative estimate of drug-likeness (QED) is 0.781. The van der Waals surface area contributed by atoms with Crippen molar-refractivity contribution in [2.75, 3.05) is 32.8 Å². The number of pyridine rings is 1. The van der Waals surface area contributed by atoms with E-state index in [-0.39, 0.29) is 23.8 Å². The van der Waals surface area contributed by atoms with E-state index in [2.05, 4.69) is 22.9 Å². The summed E-state index contributed by atoms with van der Waals surface area (Å²) in [7, 11) is 0. The number of piperidine rings is 2. The van der Waals surface area contributed by atoms with Crippen molar-refractivity contribution in [1.29, 1.82) is 0 Å². The van der Waals surface area contributed by atoms with E-state index < -0.39 is 0 Å². The highest BCUT2D eigenvalue weighted by molar-refractivity contribution is 5.77. The summed E-state index contributed by atoms with van der Waals surface area (Å²) in [6, 6.07) is 4.12. The Balaban J connectivity index is 1.54. The van der Waals surface area contributed by atoms with Crippen LogP contribution < -0.4 is 0 Å². The van der Waals surface area contributed by atoms with Crippen molar-refractivity contribution < 1.29 is 9.90 Å². The SMILES string of the molecule is CC/C=C/CC(=O)N1CCC2(CCN(Cc3cccnc3)CC2)[C@@H](CO)C1. The average molecular weight is 372 g/mol. The van der Waals surface area contributed by atoms with Crippen LogP contribution >= 0.6 is 0 Å². The Hall–Kier alpha value is -1.72. The van der Waals surface area contributed by atoms with E-state index in [1.807, 2.05) is 35.5 Å². The zero-order chi connectivity index (χ0) is 19.1. The summed E-state index contributed by atoms with van der Waals surface area (Å²) in [5.41, 5.74) is 1.45. The lowest BCUT2D eigenvalue weighted by Gasteiger charge is -2.51. The third-order valence-electron chi connectivity index (χ3n) is 6.44. The van der Waals surface area contributed by atoms with Crippen molar-refractivity contribution in [3.63, 3.8) is 0 Å². The smallest absolute Gasteiger partial charge is 0.226 e. The summed E-state index contributed by atoms with van der Waals surface area (Å²) in [5.74, 6) is 0.396. The molecule has 1 N–H and O–H groups in total. The number of hydrogen-bond donors (Lipinski definition) is 1. The molecule has 2 aliphatic rings. The van der Waals surface area contributed by atoms with Gasteiger partial charge < -0.3 is 10.0 Å². The number of allylic oxidation sites excluding steroid dienone is 1. The molecule has 1 aromatic heterocycles. The Morgan fingerprint density at radius 1 is 1.30 bits per heavy atom. The summed E-state index contributed by atoms with van der Waals surface area (Å²) < 4.78 is 0. The number of carbonyl (C=O) groups excluding carboxylic acids is 1. The van der Waals surface area contributed by atoms with Crippen molar-refractivity contribution >= 4 is 5.91 Å². The van der Waals surface area contributed by atoms with Crippen molar-refractivity contribution in [2.24, 2.45) is 11.3 Å². The van der Waals surface area contributed by atoms with Gasteiger partial charge in [-0.1, -0.05) is 25.1 Å². The monoisotopic (exact) mass is 371 g/mol. The number of aromatic nitrogens is 1. The van der Waals surface area contributed by atoms with Crippen LogP contribution in [-0.4, -0.2) is 58.6 Å². The minimum atomic E-state index is 0.178. The van der Waals surface area contributed by atoms with Crippen molar-refractivity contribution in [1.82, 2.24) is 14.8 Å². The molecule has 0 aliphatic carbocycles. The van der Waals surface area contributed by atoms with E-state index >= 15 is 0 Å². The number of carbonyl (C=O) groups is 1. The Kier molecular flexibility index (Phi) is 7.02. The maximum Gasteiger partial charge on any atom is 0.226 e. The molecule has 0 unspecified atom stereocenters. The van der Waals surface area contributed by atoms with Gasteiger partial charge in [0.05, 0.1) is 0 Å². The highest BCUT2D eigenvalue weighted by Crippen LogP contribution is 2.45. The summed E-state index contributed by atoms with van der Waals surface area (Å²) in [6.45, 7) is 6.85. The van der Waals surface area contributed by atoms with E-state index in [1.54, 1.807) is 0 Å². The fourth-order valence-electron chi connectivity index (χ4n) is 4.64. The molecule has 1 aromatic rings. The van der Waals surface area contributed by atoms with E-state index in [9.17, 15) is 9.90 Å². The van der Waals surface area contributed by atoms with Crippen LogP contribution in [0.15, 0.2) is 36.7 Å². The number of aliphatic hydroxyl groups excluding tert-OH is 1. The van der Waals surface area contributed by atoms with Crippen LogP contribution in [0.25, 0.3) is 0 Å². The molecule has 0 saturated carbocycles. The predicted octanol–water partition coefficient (Wildman–Crippen LogP) is 2.86. The van der Waals surface area contributed by atoms with Gasteiger partial charge in [-0.2, -0.15) is 0 Å². The molecular formula is C22H33N3O2. The van der Waals surface area contributed by atoms with Crippen LogP contribution in [0.1, 0.15) is 44.6 Å². The second-order valence-electron chi connectivity index (χ2n) is 8.05. The predicted molar refractivity (Wildman–Crippen MR) is 107 cm³/mol. The molecule has 0 aromatic carbocycles. The molecule has 1 spiro atoms. The molecule has 2 saturated heterocycles. The third kappa shape index (κ3) is 4.96. The second kappa shape index (κ2) is 9.47. The van der Waals surface area contributed by atoms with Gasteiger partial charge in [-0.3, -0.25) is 14.7 Å². The van der Waals surface area contributed by atoms with Crippen LogP contribution in [0.3, 0.4) is 0 Å². The minimum Gasteiger partial charge on any atom is -0.396 e. The Morgan fingerprint density at radius 2 is 2.07 bits per heavy atom. The minimum absolute atomic E-state index is 0.178. The molecule has 5 heteroatoms. The normalized spacial score (nSPS) is 23.2. The summed E-state index contributed by atoms with van der Waals surface area (Å²) >= 11 is 0. The topological polar surface area (TPSA) is 56.7 Å². The zero-order valence-electron chi connectivity index (χ0n) is 16.5. The molecule has 2 aliphatic heterocycles. The fourth-order valence-corrected chi connectivity index (χ4v) is 4.64. The first-order chi connectivity index (χ1) is 13.2. The third-order valence-corrected chi connectivity index (χ3v) is 6.44. The first-order valence-electron chi connectivity index (χ1n) is 10.3. The number of hydrogen-bond acceptors (Lipinski definition) is 4. The molecule has 1 atom stereocenters.